The normalized spacial score (nSPS) is 20.1. The molecule has 2 aliphatic heterocycles. The Hall–Kier alpha value is -1.90. The summed E-state index contributed by atoms with van der Waals surface area (Å²) >= 11 is 3.58. The first-order valence-corrected chi connectivity index (χ1v) is 10.9. The Kier molecular flexibility index (Phi) is 6.52. The number of morpholine rings is 1. The van der Waals surface area contributed by atoms with E-state index in [1.165, 1.54) is 5.56 Å². The zero-order chi connectivity index (χ0) is 20.2. The van der Waals surface area contributed by atoms with E-state index in [1.807, 2.05) is 18.3 Å². The number of likely N-dealkylation sites (tertiary alicyclic amines) is 1. The summed E-state index contributed by atoms with van der Waals surface area (Å²) in [5, 5.41) is 0. The van der Waals surface area contributed by atoms with Crippen molar-refractivity contribution in [3.05, 3.63) is 40.5 Å². The van der Waals surface area contributed by atoms with Gasteiger partial charge in [-0.15, -0.1) is 0 Å². The molecule has 1 aromatic heterocycles. The summed E-state index contributed by atoms with van der Waals surface area (Å²) in [6, 6.07) is 8.76. The number of likely N-dealkylation sites (N-methyl/N-ethyl adjacent to an activating group) is 1. The summed E-state index contributed by atoms with van der Waals surface area (Å²) in [4.78, 5) is 16.3. The fourth-order valence-corrected chi connectivity index (χ4v) is 4.56. The fourth-order valence-electron chi connectivity index (χ4n) is 3.98. The molecule has 1 atom stereocenters. The molecule has 2 saturated heterocycles. The Bertz CT molecular complexity index is 830. The minimum atomic E-state index is 0.448. The third-order valence-corrected chi connectivity index (χ3v) is 6.32. The number of rotatable bonds is 6. The van der Waals surface area contributed by atoms with E-state index in [4.69, 9.17) is 14.5 Å². The van der Waals surface area contributed by atoms with Crippen LogP contribution in [0.4, 0.5) is 11.8 Å². The van der Waals surface area contributed by atoms with Gasteiger partial charge in [-0.1, -0.05) is 6.07 Å². The van der Waals surface area contributed by atoms with Crippen LogP contribution in [-0.4, -0.2) is 74.5 Å². The van der Waals surface area contributed by atoms with Gasteiger partial charge in [0.15, 0.2) is 0 Å². The van der Waals surface area contributed by atoms with Crippen LogP contribution in [0.15, 0.2) is 34.9 Å². The SMILES string of the molecule is COc1ccc(CN2CCC(N(C)c3ccnc(N4CCOCC4)n3)C2)cc1Br. The van der Waals surface area contributed by atoms with Gasteiger partial charge in [-0.3, -0.25) is 4.90 Å². The molecule has 0 amide bonds. The first-order valence-electron chi connectivity index (χ1n) is 10.1. The van der Waals surface area contributed by atoms with Crippen molar-refractivity contribution in [3.63, 3.8) is 0 Å². The lowest BCUT2D eigenvalue weighted by atomic mass is 10.2. The number of ether oxygens (including phenoxy) is 2. The average Bonchev–Trinajstić information content (AvgIpc) is 3.22. The van der Waals surface area contributed by atoms with Gasteiger partial charge >= 0.3 is 0 Å². The van der Waals surface area contributed by atoms with Crippen LogP contribution in [-0.2, 0) is 11.3 Å². The van der Waals surface area contributed by atoms with E-state index in [2.05, 4.69) is 54.8 Å². The van der Waals surface area contributed by atoms with Crippen LogP contribution in [0.3, 0.4) is 0 Å². The van der Waals surface area contributed by atoms with Crippen LogP contribution in [0, 0.1) is 0 Å². The van der Waals surface area contributed by atoms with Crippen LogP contribution in [0.1, 0.15) is 12.0 Å². The van der Waals surface area contributed by atoms with E-state index >= 15 is 0 Å². The van der Waals surface area contributed by atoms with Crippen LogP contribution >= 0.6 is 15.9 Å². The summed E-state index contributed by atoms with van der Waals surface area (Å²) in [5.41, 5.74) is 1.29. The fraction of sp³-hybridized carbons (Fsp3) is 0.524. The molecule has 1 unspecified atom stereocenters. The highest BCUT2D eigenvalue weighted by Gasteiger charge is 2.27. The molecule has 0 spiro atoms. The van der Waals surface area contributed by atoms with E-state index in [9.17, 15) is 0 Å². The first-order chi connectivity index (χ1) is 14.1. The zero-order valence-electron chi connectivity index (χ0n) is 17.1. The maximum atomic E-state index is 5.44. The van der Waals surface area contributed by atoms with Crippen LogP contribution < -0.4 is 14.5 Å². The van der Waals surface area contributed by atoms with Gasteiger partial charge < -0.3 is 19.3 Å². The Morgan fingerprint density at radius 1 is 1.24 bits per heavy atom. The van der Waals surface area contributed by atoms with Crippen LogP contribution in [0.25, 0.3) is 0 Å². The molecule has 0 saturated carbocycles. The molecule has 2 fully saturated rings. The van der Waals surface area contributed by atoms with Gasteiger partial charge in [0, 0.05) is 52.0 Å². The molecule has 29 heavy (non-hydrogen) atoms. The Morgan fingerprint density at radius 2 is 2.07 bits per heavy atom. The number of halogens is 1. The molecule has 3 heterocycles. The standard InChI is InChI=1S/C21H28BrN5O2/c1-25(20-5-7-23-21(24-20)27-9-11-29-12-10-27)17-6-8-26(15-17)14-16-3-4-19(28-2)18(22)13-16/h3-5,7,13,17H,6,8-12,14-15H2,1-2H3. The van der Waals surface area contributed by atoms with Gasteiger partial charge in [-0.05, 0) is 46.1 Å². The number of aromatic nitrogens is 2. The summed E-state index contributed by atoms with van der Waals surface area (Å²) in [5.74, 6) is 2.66. The Morgan fingerprint density at radius 3 is 2.83 bits per heavy atom. The largest absolute Gasteiger partial charge is 0.496 e. The molecule has 4 rings (SSSR count). The smallest absolute Gasteiger partial charge is 0.227 e. The maximum absolute atomic E-state index is 5.44. The van der Waals surface area contributed by atoms with E-state index in [0.29, 0.717) is 6.04 Å². The molecular weight excluding hydrogens is 434 g/mol. The third-order valence-electron chi connectivity index (χ3n) is 5.70. The lowest BCUT2D eigenvalue weighted by molar-refractivity contribution is 0.122. The Balaban J connectivity index is 1.38. The molecule has 8 heteroatoms. The van der Waals surface area contributed by atoms with E-state index in [-0.39, 0.29) is 0 Å². The molecule has 0 bridgehead atoms. The van der Waals surface area contributed by atoms with Crippen LogP contribution in [0.5, 0.6) is 5.75 Å². The minimum absolute atomic E-state index is 0.448. The number of methoxy groups -OCH3 is 1. The van der Waals surface area contributed by atoms with Crippen LogP contribution in [0.2, 0.25) is 0 Å². The molecule has 0 N–H and O–H groups in total. The van der Waals surface area contributed by atoms with E-state index in [0.717, 1.165) is 74.3 Å². The predicted octanol–water partition coefficient (Wildman–Crippen LogP) is 2.80. The summed E-state index contributed by atoms with van der Waals surface area (Å²) < 4.78 is 11.8. The second-order valence-electron chi connectivity index (χ2n) is 7.57. The molecule has 0 aliphatic carbocycles. The molecule has 156 valence electrons. The van der Waals surface area contributed by atoms with Crippen molar-refractivity contribution in [3.8, 4) is 5.75 Å². The van der Waals surface area contributed by atoms with E-state index in [1.54, 1.807) is 7.11 Å². The number of nitrogens with zero attached hydrogens (tertiary/aromatic N) is 5. The van der Waals surface area contributed by atoms with Crippen molar-refractivity contribution in [2.75, 3.05) is 63.4 Å². The van der Waals surface area contributed by atoms with Gasteiger partial charge in [-0.2, -0.15) is 4.98 Å². The number of benzene rings is 1. The van der Waals surface area contributed by atoms with Crippen molar-refractivity contribution >= 4 is 27.7 Å². The number of anilines is 2. The number of hydrogen-bond donors (Lipinski definition) is 0. The van der Waals surface area contributed by atoms with Crippen molar-refractivity contribution in [1.82, 2.24) is 14.9 Å². The maximum Gasteiger partial charge on any atom is 0.227 e. The van der Waals surface area contributed by atoms with Crippen molar-refractivity contribution < 1.29 is 9.47 Å². The highest BCUT2D eigenvalue weighted by molar-refractivity contribution is 9.10. The average molecular weight is 462 g/mol. The highest BCUT2D eigenvalue weighted by Crippen LogP contribution is 2.27. The van der Waals surface area contributed by atoms with Crippen molar-refractivity contribution in [1.29, 1.82) is 0 Å². The second-order valence-corrected chi connectivity index (χ2v) is 8.43. The quantitative estimate of drug-likeness (QED) is 0.655. The van der Waals surface area contributed by atoms with Gasteiger partial charge in [0.2, 0.25) is 5.95 Å². The molecular formula is C21H28BrN5O2. The van der Waals surface area contributed by atoms with E-state index < -0.39 is 0 Å². The summed E-state index contributed by atoms with van der Waals surface area (Å²) in [7, 11) is 3.84. The molecule has 0 radical (unpaired) electrons. The molecule has 2 aromatic rings. The Labute approximate surface area is 180 Å². The topological polar surface area (TPSA) is 54.0 Å². The summed E-state index contributed by atoms with van der Waals surface area (Å²) in [6.07, 6.45) is 3.00. The predicted molar refractivity (Wildman–Crippen MR) is 118 cm³/mol. The lowest BCUT2D eigenvalue weighted by Crippen LogP contribution is -2.38. The minimum Gasteiger partial charge on any atom is -0.496 e. The highest BCUT2D eigenvalue weighted by atomic mass is 79.9. The lowest BCUT2D eigenvalue weighted by Gasteiger charge is -2.29. The first kappa shape index (κ1) is 20.4. The van der Waals surface area contributed by atoms with Gasteiger partial charge in [-0.25, -0.2) is 4.98 Å². The molecule has 2 aliphatic rings. The molecule has 7 nitrogen and oxygen atoms in total. The van der Waals surface area contributed by atoms with Gasteiger partial charge in [0.25, 0.3) is 0 Å². The van der Waals surface area contributed by atoms with Gasteiger partial charge in [0.1, 0.15) is 11.6 Å². The van der Waals surface area contributed by atoms with Crippen molar-refractivity contribution in [2.45, 2.75) is 19.0 Å². The third kappa shape index (κ3) is 4.82. The monoisotopic (exact) mass is 461 g/mol. The molecule has 1 aromatic carbocycles. The zero-order valence-corrected chi connectivity index (χ0v) is 18.6. The second kappa shape index (κ2) is 9.28. The summed E-state index contributed by atoms with van der Waals surface area (Å²) in [6.45, 7) is 6.22. The van der Waals surface area contributed by atoms with Gasteiger partial charge in [0.05, 0.1) is 24.8 Å². The number of hydrogen-bond acceptors (Lipinski definition) is 7. The van der Waals surface area contributed by atoms with Crippen molar-refractivity contribution in [2.24, 2.45) is 0 Å².